The maximum absolute atomic E-state index is 10.6. The first-order valence-electron chi connectivity index (χ1n) is 12.7. The van der Waals surface area contributed by atoms with Crippen LogP contribution in [-0.2, 0) is 37.0 Å². The fraction of sp³-hybridized carbons (Fsp3) is 0.500. The van der Waals surface area contributed by atoms with Gasteiger partial charge in [-0.1, -0.05) is 12.1 Å². The summed E-state index contributed by atoms with van der Waals surface area (Å²) in [6, 6.07) is 12.2. The molecule has 2 saturated heterocycles. The van der Waals surface area contributed by atoms with Crippen LogP contribution < -0.4 is 0 Å². The summed E-state index contributed by atoms with van der Waals surface area (Å²) >= 11 is 0. The van der Waals surface area contributed by atoms with Gasteiger partial charge in [-0.25, -0.2) is 14.4 Å². The van der Waals surface area contributed by atoms with Crippen LogP contribution in [0.4, 0.5) is 39.5 Å². The third-order valence-electron chi connectivity index (χ3n) is 6.02. The summed E-state index contributed by atoms with van der Waals surface area (Å²) in [5, 5.41) is 21.4. The van der Waals surface area contributed by atoms with Crippen LogP contribution in [0.2, 0.25) is 0 Å². The number of nitrogens with zero attached hydrogens (tertiary/aromatic N) is 3. The average molecular weight is 682 g/mol. The van der Waals surface area contributed by atoms with Gasteiger partial charge in [0.1, 0.15) is 0 Å². The first-order valence-corrected chi connectivity index (χ1v) is 12.7. The summed E-state index contributed by atoms with van der Waals surface area (Å²) in [6.45, 7) is 7.90. The zero-order valence-electron chi connectivity index (χ0n) is 23.7. The zero-order valence-corrected chi connectivity index (χ0v) is 23.7. The van der Waals surface area contributed by atoms with Gasteiger partial charge in [0.2, 0.25) is 0 Å². The molecule has 2 aliphatic heterocycles. The molecule has 3 N–H and O–H groups in total. The Balaban J connectivity index is 0.000000413. The maximum Gasteiger partial charge on any atom is 0.490 e. The lowest BCUT2D eigenvalue weighted by Gasteiger charge is -2.27. The monoisotopic (exact) mass is 681 g/mol. The van der Waals surface area contributed by atoms with E-state index in [0.29, 0.717) is 12.5 Å². The van der Waals surface area contributed by atoms with Crippen LogP contribution in [-0.4, -0.2) is 99.5 Å². The number of likely N-dealkylation sites (tertiary alicyclic amines) is 1. The number of ether oxygens (including phenoxy) is 2. The smallest absolute Gasteiger partial charge is 0.475 e. The van der Waals surface area contributed by atoms with Crippen LogP contribution in [0.3, 0.4) is 0 Å². The molecule has 2 atom stereocenters. The molecule has 0 radical (unpaired) electrons. The number of aromatic nitrogens is 2. The molecule has 4 rings (SSSR count). The normalized spacial score (nSPS) is 19.3. The van der Waals surface area contributed by atoms with Gasteiger partial charge in [0.25, 0.3) is 0 Å². The number of pyridine rings is 2. The van der Waals surface area contributed by atoms with Crippen molar-refractivity contribution in [1.82, 2.24) is 14.9 Å². The number of aliphatic carboxylic acids is 3. The lowest BCUT2D eigenvalue weighted by atomic mass is 9.82. The second-order valence-corrected chi connectivity index (χ2v) is 9.74. The number of carboxylic acid groups (broad SMARTS) is 3. The van der Waals surface area contributed by atoms with Gasteiger partial charge in [-0.05, 0) is 31.2 Å². The van der Waals surface area contributed by atoms with Crippen molar-refractivity contribution >= 4 is 17.9 Å². The van der Waals surface area contributed by atoms with Crippen molar-refractivity contribution < 1.29 is 78.7 Å². The molecule has 0 amide bonds. The average Bonchev–Trinajstić information content (AvgIpc) is 3.45. The van der Waals surface area contributed by atoms with Crippen LogP contribution in [0.5, 0.6) is 0 Å². The number of rotatable bonds is 6. The van der Waals surface area contributed by atoms with E-state index in [4.69, 9.17) is 39.2 Å². The molecular formula is C26H28F9N3O8. The van der Waals surface area contributed by atoms with Crippen LogP contribution in [0.25, 0.3) is 0 Å². The Morgan fingerprint density at radius 1 is 0.891 bits per heavy atom. The quantitative estimate of drug-likeness (QED) is 0.372. The van der Waals surface area contributed by atoms with Crippen molar-refractivity contribution in [1.29, 1.82) is 0 Å². The highest BCUT2D eigenvalue weighted by molar-refractivity contribution is 5.73. The Kier molecular flexibility index (Phi) is 14.8. The van der Waals surface area contributed by atoms with E-state index in [-0.39, 0.29) is 5.41 Å². The highest BCUT2D eigenvalue weighted by Crippen LogP contribution is 2.42. The minimum absolute atomic E-state index is 0.110. The molecule has 0 aliphatic carbocycles. The number of alkyl halides is 9. The molecule has 258 valence electrons. The van der Waals surface area contributed by atoms with E-state index in [1.807, 2.05) is 37.4 Å². The first kappa shape index (κ1) is 40.0. The van der Waals surface area contributed by atoms with Gasteiger partial charge >= 0.3 is 36.4 Å². The summed E-state index contributed by atoms with van der Waals surface area (Å²) in [5.74, 6) is -7.73. The lowest BCUT2D eigenvalue weighted by Crippen LogP contribution is -2.35. The van der Waals surface area contributed by atoms with Gasteiger partial charge in [-0.3, -0.25) is 14.9 Å². The molecule has 0 spiro atoms. The predicted octanol–water partition coefficient (Wildman–Crippen LogP) is 4.35. The van der Waals surface area contributed by atoms with E-state index < -0.39 is 36.4 Å². The maximum atomic E-state index is 10.6. The summed E-state index contributed by atoms with van der Waals surface area (Å²) in [6.07, 6.45) is -13.4. The summed E-state index contributed by atoms with van der Waals surface area (Å²) in [4.78, 5) is 38.2. The second-order valence-electron chi connectivity index (χ2n) is 9.74. The number of hydrogen-bond donors (Lipinski definition) is 3. The molecule has 2 fully saturated rings. The SMILES string of the molecule is Cc1cccc(COC[C@]23COC[C@H]2CN(Cc2ccccn2)C3)n1.O=C(O)C(F)(F)F.O=C(O)C(F)(F)F.O=C(O)C(F)(F)F. The molecule has 2 aliphatic rings. The Morgan fingerprint density at radius 3 is 1.87 bits per heavy atom. The molecule has 20 heteroatoms. The molecule has 0 saturated carbocycles. The van der Waals surface area contributed by atoms with E-state index in [0.717, 1.165) is 56.5 Å². The zero-order chi connectivity index (χ0) is 35.3. The Labute approximate surface area is 254 Å². The largest absolute Gasteiger partial charge is 0.490 e. The third kappa shape index (κ3) is 14.4. The minimum Gasteiger partial charge on any atom is -0.475 e. The first-order chi connectivity index (χ1) is 21.1. The third-order valence-corrected chi connectivity index (χ3v) is 6.02. The van der Waals surface area contributed by atoms with Crippen molar-refractivity contribution in [2.75, 3.05) is 32.9 Å². The van der Waals surface area contributed by atoms with Gasteiger partial charge in [-0.15, -0.1) is 0 Å². The predicted molar refractivity (Wildman–Crippen MR) is 136 cm³/mol. The molecule has 4 heterocycles. The van der Waals surface area contributed by atoms with Crippen LogP contribution in [0.15, 0.2) is 42.6 Å². The van der Waals surface area contributed by atoms with E-state index in [2.05, 4.69) is 27.0 Å². The fourth-order valence-electron chi connectivity index (χ4n) is 4.03. The van der Waals surface area contributed by atoms with E-state index in [1.54, 1.807) is 0 Å². The lowest BCUT2D eigenvalue weighted by molar-refractivity contribution is -0.193. The van der Waals surface area contributed by atoms with Gasteiger partial charge in [0, 0.05) is 42.9 Å². The topological polar surface area (TPSA) is 159 Å². The number of aryl methyl sites for hydroxylation is 1. The number of fused-ring (bicyclic) bond motifs is 1. The van der Waals surface area contributed by atoms with Crippen molar-refractivity contribution in [3.63, 3.8) is 0 Å². The fourth-order valence-corrected chi connectivity index (χ4v) is 4.03. The molecule has 2 aromatic heterocycles. The molecule has 0 bridgehead atoms. The molecule has 2 aromatic rings. The number of carbonyl (C=O) groups is 3. The summed E-state index contributed by atoms with van der Waals surface area (Å²) in [5.41, 5.74) is 3.26. The highest BCUT2D eigenvalue weighted by atomic mass is 19.4. The molecule has 0 aromatic carbocycles. The van der Waals surface area contributed by atoms with Crippen molar-refractivity contribution in [3.05, 3.63) is 59.7 Å². The van der Waals surface area contributed by atoms with Gasteiger partial charge < -0.3 is 24.8 Å². The molecule has 46 heavy (non-hydrogen) atoms. The van der Waals surface area contributed by atoms with Crippen molar-refractivity contribution in [2.45, 2.75) is 38.6 Å². The van der Waals surface area contributed by atoms with E-state index in [1.165, 1.54) is 0 Å². The number of carboxylic acids is 3. The van der Waals surface area contributed by atoms with E-state index >= 15 is 0 Å². The second kappa shape index (κ2) is 17.0. The van der Waals surface area contributed by atoms with Crippen LogP contribution in [0.1, 0.15) is 17.1 Å². The van der Waals surface area contributed by atoms with Gasteiger partial charge in [0.05, 0.1) is 37.8 Å². The Bertz CT molecular complexity index is 1220. The van der Waals surface area contributed by atoms with Crippen molar-refractivity contribution in [2.24, 2.45) is 11.3 Å². The van der Waals surface area contributed by atoms with E-state index in [9.17, 15) is 39.5 Å². The molecular weight excluding hydrogens is 653 g/mol. The molecule has 11 nitrogen and oxygen atoms in total. The summed E-state index contributed by atoms with van der Waals surface area (Å²) in [7, 11) is 0. The van der Waals surface area contributed by atoms with Crippen LogP contribution in [0, 0.1) is 18.3 Å². The minimum atomic E-state index is -5.08. The number of halogens is 9. The van der Waals surface area contributed by atoms with Gasteiger partial charge in [-0.2, -0.15) is 39.5 Å². The standard InChI is InChI=1S/C20H25N3O2.3C2HF3O2/c1-16-5-4-7-19(22-16)12-25-15-20-13-23(9-17(20)11-24-14-20)10-18-6-2-3-8-21-18;3*3-2(4,5)1(6)7/h2-8,17H,9-15H2,1H3;3*(H,6,7)/t17-,20+;;;/m1.../s1. The summed E-state index contributed by atoms with van der Waals surface area (Å²) < 4.78 is 107. The molecule has 0 unspecified atom stereocenters. The Morgan fingerprint density at radius 2 is 1.41 bits per heavy atom. The Hall–Kier alpha value is -4.04. The van der Waals surface area contributed by atoms with Crippen molar-refractivity contribution in [3.8, 4) is 0 Å². The number of hydrogen-bond acceptors (Lipinski definition) is 8. The highest BCUT2D eigenvalue weighted by Gasteiger charge is 2.50. The van der Waals surface area contributed by atoms with Gasteiger partial charge in [0.15, 0.2) is 0 Å². The van der Waals surface area contributed by atoms with Crippen LogP contribution >= 0.6 is 0 Å².